The van der Waals surface area contributed by atoms with Crippen molar-refractivity contribution >= 4 is 10.0 Å². The van der Waals surface area contributed by atoms with Crippen LogP contribution < -0.4 is 4.72 Å². The molecule has 0 aliphatic rings. The zero-order valence-electron chi connectivity index (χ0n) is 10.6. The molecule has 1 aromatic carbocycles. The van der Waals surface area contributed by atoms with Gasteiger partial charge in [0.15, 0.2) is 0 Å². The summed E-state index contributed by atoms with van der Waals surface area (Å²) in [5, 5.41) is 9.70. The van der Waals surface area contributed by atoms with Crippen molar-refractivity contribution in [3.63, 3.8) is 0 Å². The molecule has 0 aromatic heterocycles. The van der Waals surface area contributed by atoms with Gasteiger partial charge >= 0.3 is 0 Å². The minimum atomic E-state index is -3.54. The molecule has 6 heteroatoms. The molecule has 18 heavy (non-hydrogen) atoms. The first-order valence-corrected chi connectivity index (χ1v) is 7.26. The van der Waals surface area contributed by atoms with Crippen molar-refractivity contribution in [1.29, 1.82) is 0 Å². The van der Waals surface area contributed by atoms with Gasteiger partial charge in [-0.15, -0.1) is 0 Å². The van der Waals surface area contributed by atoms with Crippen LogP contribution in [0.2, 0.25) is 0 Å². The van der Waals surface area contributed by atoms with Crippen LogP contribution in [0.5, 0.6) is 0 Å². The van der Waals surface area contributed by atoms with Crippen molar-refractivity contribution in [2.24, 2.45) is 0 Å². The van der Waals surface area contributed by atoms with E-state index in [1.54, 1.807) is 12.1 Å². The first-order chi connectivity index (χ1) is 8.51. The molecule has 1 unspecified atom stereocenters. The first kappa shape index (κ1) is 15.1. The minimum Gasteiger partial charge on any atom is -0.388 e. The molecule has 0 aliphatic heterocycles. The number of methoxy groups -OCH3 is 1. The lowest BCUT2D eigenvalue weighted by Crippen LogP contribution is -2.27. The van der Waals surface area contributed by atoms with Crippen molar-refractivity contribution in [3.8, 4) is 0 Å². The van der Waals surface area contributed by atoms with E-state index in [1.807, 2.05) is 6.92 Å². The largest absolute Gasteiger partial charge is 0.388 e. The van der Waals surface area contributed by atoms with Crippen LogP contribution in [0.3, 0.4) is 0 Å². The fourth-order valence-corrected chi connectivity index (χ4v) is 2.55. The smallest absolute Gasteiger partial charge is 0.240 e. The van der Waals surface area contributed by atoms with Crippen molar-refractivity contribution in [1.82, 2.24) is 4.72 Å². The highest BCUT2D eigenvalue weighted by molar-refractivity contribution is 7.89. The Balaban J connectivity index is 2.88. The average molecular weight is 273 g/mol. The lowest BCUT2D eigenvalue weighted by molar-refractivity contribution is 0.173. The van der Waals surface area contributed by atoms with Crippen LogP contribution in [0.15, 0.2) is 29.2 Å². The Morgan fingerprint density at radius 3 is 2.78 bits per heavy atom. The number of hydrogen-bond donors (Lipinski definition) is 2. The Bertz CT molecular complexity index is 473. The van der Waals surface area contributed by atoms with Gasteiger partial charge in [0, 0.05) is 13.7 Å². The summed E-state index contributed by atoms with van der Waals surface area (Å²) in [7, 11) is -2.03. The van der Waals surface area contributed by atoms with Crippen molar-refractivity contribution in [2.75, 3.05) is 20.3 Å². The van der Waals surface area contributed by atoms with Crippen LogP contribution in [0.25, 0.3) is 0 Å². The third kappa shape index (κ3) is 4.06. The highest BCUT2D eigenvalue weighted by Crippen LogP contribution is 2.19. The van der Waals surface area contributed by atoms with Gasteiger partial charge in [-0.05, 0) is 24.1 Å². The number of nitrogens with one attached hydrogen (secondary N) is 1. The molecular weight excluding hydrogens is 254 g/mol. The average Bonchev–Trinajstić information content (AvgIpc) is 2.38. The molecule has 0 radical (unpaired) electrons. The first-order valence-electron chi connectivity index (χ1n) is 5.78. The molecular formula is C12H19NO4S. The lowest BCUT2D eigenvalue weighted by atomic mass is 10.1. The van der Waals surface area contributed by atoms with E-state index in [4.69, 9.17) is 4.74 Å². The molecule has 0 spiro atoms. The van der Waals surface area contributed by atoms with Crippen LogP contribution in [-0.2, 0) is 14.8 Å². The van der Waals surface area contributed by atoms with Gasteiger partial charge in [-0.3, -0.25) is 0 Å². The molecule has 0 amide bonds. The predicted molar refractivity (Wildman–Crippen MR) is 68.8 cm³/mol. The number of aliphatic hydroxyl groups excluding tert-OH is 1. The van der Waals surface area contributed by atoms with Crippen LogP contribution in [0.4, 0.5) is 0 Å². The number of hydrogen-bond acceptors (Lipinski definition) is 4. The van der Waals surface area contributed by atoms with Gasteiger partial charge in [-0.1, -0.05) is 19.1 Å². The molecule has 0 heterocycles. The third-order valence-corrected chi connectivity index (χ3v) is 4.00. The molecule has 0 bridgehead atoms. The molecule has 1 rings (SSSR count). The van der Waals surface area contributed by atoms with E-state index in [-0.39, 0.29) is 11.4 Å². The molecule has 1 atom stereocenters. The van der Waals surface area contributed by atoms with Crippen LogP contribution in [-0.4, -0.2) is 33.8 Å². The summed E-state index contributed by atoms with van der Waals surface area (Å²) in [5.41, 5.74) is 0.604. The fraction of sp³-hybridized carbons (Fsp3) is 0.500. The fourth-order valence-electron chi connectivity index (χ4n) is 1.49. The monoisotopic (exact) mass is 273 g/mol. The number of sulfonamides is 1. The molecule has 2 N–H and O–H groups in total. The summed E-state index contributed by atoms with van der Waals surface area (Å²) in [5.74, 6) is 0. The molecule has 0 saturated heterocycles. The van der Waals surface area contributed by atoms with Crippen molar-refractivity contribution in [3.05, 3.63) is 29.8 Å². The molecule has 102 valence electrons. The quantitative estimate of drug-likeness (QED) is 0.728. The van der Waals surface area contributed by atoms with E-state index in [1.165, 1.54) is 19.2 Å². The van der Waals surface area contributed by atoms with E-state index < -0.39 is 16.1 Å². The molecule has 0 fully saturated rings. The lowest BCUT2D eigenvalue weighted by Gasteiger charge is -2.11. The Labute approximate surface area is 108 Å². The van der Waals surface area contributed by atoms with E-state index in [0.29, 0.717) is 18.6 Å². The summed E-state index contributed by atoms with van der Waals surface area (Å²) in [6.45, 7) is 2.37. The summed E-state index contributed by atoms with van der Waals surface area (Å²) < 4.78 is 31.1. The topological polar surface area (TPSA) is 75.6 Å². The summed E-state index contributed by atoms with van der Waals surface area (Å²) in [6.07, 6.45) is -0.0974. The Morgan fingerprint density at radius 1 is 1.44 bits per heavy atom. The zero-order chi connectivity index (χ0) is 13.6. The number of aliphatic hydroxyl groups is 1. The standard InChI is InChI=1S/C12H19NO4S/c1-3-12(14)10-5-4-6-11(9-10)18(15,16)13-7-8-17-2/h4-6,9,12-14H,3,7-8H2,1-2H3. The highest BCUT2D eigenvalue weighted by atomic mass is 32.2. The van der Waals surface area contributed by atoms with Gasteiger partial charge in [0.25, 0.3) is 0 Å². The summed E-state index contributed by atoms with van der Waals surface area (Å²) in [6, 6.07) is 6.33. The van der Waals surface area contributed by atoms with E-state index >= 15 is 0 Å². The van der Waals surface area contributed by atoms with Crippen molar-refractivity contribution in [2.45, 2.75) is 24.3 Å². The maximum atomic E-state index is 11.9. The second-order valence-corrected chi connectivity index (χ2v) is 5.65. The van der Waals surface area contributed by atoms with Gasteiger partial charge in [-0.25, -0.2) is 13.1 Å². The molecule has 1 aromatic rings. The molecule has 0 aliphatic carbocycles. The SMILES string of the molecule is CCC(O)c1cccc(S(=O)(=O)NCCOC)c1. The summed E-state index contributed by atoms with van der Waals surface area (Å²) >= 11 is 0. The highest BCUT2D eigenvalue weighted by Gasteiger charge is 2.15. The summed E-state index contributed by atoms with van der Waals surface area (Å²) in [4.78, 5) is 0.156. The maximum absolute atomic E-state index is 11.9. The van der Waals surface area contributed by atoms with E-state index in [2.05, 4.69) is 4.72 Å². The van der Waals surface area contributed by atoms with Gasteiger partial charge in [0.05, 0.1) is 17.6 Å². The normalized spacial score (nSPS) is 13.5. The Kier molecular flexibility index (Phi) is 5.74. The van der Waals surface area contributed by atoms with Gasteiger partial charge < -0.3 is 9.84 Å². The van der Waals surface area contributed by atoms with Crippen molar-refractivity contribution < 1.29 is 18.3 Å². The predicted octanol–water partition coefficient (Wildman–Crippen LogP) is 1.05. The Morgan fingerprint density at radius 2 is 2.17 bits per heavy atom. The number of ether oxygens (including phenoxy) is 1. The second-order valence-electron chi connectivity index (χ2n) is 3.89. The van der Waals surface area contributed by atoms with Gasteiger partial charge in [-0.2, -0.15) is 0 Å². The zero-order valence-corrected chi connectivity index (χ0v) is 11.4. The molecule has 0 saturated carbocycles. The van der Waals surface area contributed by atoms with Crippen LogP contribution in [0.1, 0.15) is 25.0 Å². The van der Waals surface area contributed by atoms with Crippen LogP contribution >= 0.6 is 0 Å². The maximum Gasteiger partial charge on any atom is 0.240 e. The van der Waals surface area contributed by atoms with Gasteiger partial charge in [0.1, 0.15) is 0 Å². The van der Waals surface area contributed by atoms with E-state index in [0.717, 1.165) is 0 Å². The minimum absolute atomic E-state index is 0.156. The number of benzene rings is 1. The third-order valence-electron chi connectivity index (χ3n) is 2.54. The Hall–Kier alpha value is -0.950. The molecule has 5 nitrogen and oxygen atoms in total. The van der Waals surface area contributed by atoms with E-state index in [9.17, 15) is 13.5 Å². The van der Waals surface area contributed by atoms with Crippen LogP contribution in [0, 0.1) is 0 Å². The second kappa shape index (κ2) is 6.84. The van der Waals surface area contributed by atoms with Gasteiger partial charge in [0.2, 0.25) is 10.0 Å². The number of rotatable bonds is 7.